The average molecular weight is 434 g/mol. The number of allylic oxidation sites excluding steroid dienone is 2. The molecule has 1 aliphatic carbocycles. The van der Waals surface area contributed by atoms with Crippen molar-refractivity contribution in [3.8, 4) is 0 Å². The number of aryl methyl sites for hydroxylation is 2. The predicted molar refractivity (Wildman–Crippen MR) is 89.9 cm³/mol. The largest absolute Gasteiger partial charge is 4.00 e. The minimum absolute atomic E-state index is 0. The molecule has 1 aromatic rings. The normalized spacial score (nSPS) is 14.9. The van der Waals surface area contributed by atoms with E-state index in [2.05, 4.69) is 52.9 Å². The Hall–Kier alpha value is 0.340. The molecule has 1 aromatic carbocycles. The Balaban J connectivity index is -0.000000290. The number of rotatable bonds is 0. The van der Waals surface area contributed by atoms with Gasteiger partial charge in [-0.3, -0.25) is 0 Å². The van der Waals surface area contributed by atoms with Crippen molar-refractivity contribution in [2.75, 3.05) is 0 Å². The van der Waals surface area contributed by atoms with E-state index in [0.29, 0.717) is 0 Å². The summed E-state index contributed by atoms with van der Waals surface area (Å²) in [7, 11) is -0.393. The van der Waals surface area contributed by atoms with Crippen LogP contribution in [0.5, 0.6) is 0 Å². The molecule has 0 bridgehead atoms. The maximum atomic E-state index is 7.61. The fraction of sp³-hybridized carbons (Fsp3) is 0.412. The summed E-state index contributed by atoms with van der Waals surface area (Å²) in [5.41, 5.74) is 13.4. The van der Waals surface area contributed by atoms with Gasteiger partial charge < -0.3 is 30.5 Å². The first-order valence-corrected chi connectivity index (χ1v) is 9.28. The first-order chi connectivity index (χ1) is 8.84. The van der Waals surface area contributed by atoms with Gasteiger partial charge in [0.05, 0.1) is 0 Å². The summed E-state index contributed by atoms with van der Waals surface area (Å²) in [6.45, 7) is 13.1. The van der Waals surface area contributed by atoms with Crippen molar-refractivity contribution in [1.82, 2.24) is 0 Å². The molecule has 120 valence electrons. The summed E-state index contributed by atoms with van der Waals surface area (Å²) < 4.78 is 0. The maximum Gasteiger partial charge on any atom is 4.00 e. The van der Waals surface area contributed by atoms with Crippen molar-refractivity contribution in [3.05, 3.63) is 58.4 Å². The molecule has 0 heterocycles. The molecule has 1 atom stereocenters. The quantitative estimate of drug-likeness (QED) is 0.358. The Kier molecular flexibility index (Phi) is 15.7. The zero-order valence-electron chi connectivity index (χ0n) is 14.2. The molecule has 2 rings (SSSR count). The van der Waals surface area contributed by atoms with Crippen LogP contribution >= 0.6 is 0 Å². The first kappa shape index (κ1) is 27.2. The predicted octanol–water partition coefficient (Wildman–Crippen LogP) is -1.31. The van der Waals surface area contributed by atoms with E-state index in [4.69, 9.17) is 5.73 Å². The van der Waals surface area contributed by atoms with Crippen LogP contribution in [-0.2, 0) is 26.2 Å². The van der Waals surface area contributed by atoms with Crippen LogP contribution in [0, 0.1) is 27.7 Å². The van der Waals surface area contributed by atoms with Gasteiger partial charge in [0, 0.05) is 8.41 Å². The second-order valence-corrected chi connectivity index (χ2v) is 8.01. The molecule has 1 N–H and O–H groups in total. The van der Waals surface area contributed by atoms with Gasteiger partial charge in [-0.1, -0.05) is 76.3 Å². The summed E-state index contributed by atoms with van der Waals surface area (Å²) in [6, 6.07) is 2.18. The molecule has 0 aromatic heterocycles. The standard InChI is InChI=1S/C9H13.C8H12NSi.2ClH.Zr/c1-6-5-7(2)9(4)8(6)3;1-10(2)8-6-4-3-5-7(8)9;;;/h5H,1-4H3;3-7,9H,1-2H3;2*1H;/q2*-1;;;+4/p-2. The van der Waals surface area contributed by atoms with Crippen LogP contribution < -0.4 is 24.8 Å². The van der Waals surface area contributed by atoms with E-state index < -0.39 is 8.41 Å². The minimum Gasteiger partial charge on any atom is -1.00 e. The van der Waals surface area contributed by atoms with E-state index in [1.54, 1.807) is 0 Å². The molecule has 0 saturated heterocycles. The molecular formula is C17H25Cl2NSiZr. The van der Waals surface area contributed by atoms with Crippen molar-refractivity contribution in [2.45, 2.75) is 46.8 Å². The molecule has 0 fully saturated rings. The second kappa shape index (κ2) is 12.7. The van der Waals surface area contributed by atoms with Crippen molar-refractivity contribution in [1.29, 1.82) is 0 Å². The molecule has 0 spiro atoms. The van der Waals surface area contributed by atoms with Gasteiger partial charge in [0.1, 0.15) is 0 Å². The number of hydrogen-bond acceptors (Lipinski definition) is 0. The van der Waals surface area contributed by atoms with Crippen LogP contribution in [0.15, 0.2) is 30.4 Å². The van der Waals surface area contributed by atoms with Gasteiger partial charge in [0.2, 0.25) is 0 Å². The Bertz CT molecular complexity index is 519. The zero-order chi connectivity index (χ0) is 14.6. The van der Waals surface area contributed by atoms with Crippen molar-refractivity contribution in [3.63, 3.8) is 0 Å². The maximum absolute atomic E-state index is 7.61. The Morgan fingerprint density at radius 1 is 1.09 bits per heavy atom. The van der Waals surface area contributed by atoms with Gasteiger partial charge >= 0.3 is 26.2 Å². The molecule has 5 heteroatoms. The summed E-state index contributed by atoms with van der Waals surface area (Å²) in [5.74, 6) is 0. The van der Waals surface area contributed by atoms with Gasteiger partial charge in [0.15, 0.2) is 0 Å². The third kappa shape index (κ3) is 7.75. The average Bonchev–Trinajstić information content (AvgIpc) is 2.57. The van der Waals surface area contributed by atoms with E-state index in [1.165, 1.54) is 27.4 Å². The molecular weight excluding hydrogens is 408 g/mol. The summed E-state index contributed by atoms with van der Waals surface area (Å²) >= 11 is 0. The molecule has 1 aliphatic rings. The fourth-order valence-corrected chi connectivity index (χ4v) is 3.30. The van der Waals surface area contributed by atoms with Crippen LogP contribution in [-0.4, -0.2) is 19.6 Å². The fourth-order valence-electron chi connectivity index (χ4n) is 2.15. The molecule has 0 saturated carbocycles. The zero-order valence-corrected chi connectivity index (χ0v) is 19.2. The van der Waals surface area contributed by atoms with Crippen LogP contribution in [0.1, 0.15) is 22.3 Å². The Morgan fingerprint density at radius 2 is 1.64 bits per heavy atom. The van der Waals surface area contributed by atoms with Gasteiger partial charge in [-0.15, -0.1) is 0 Å². The third-order valence-electron chi connectivity index (χ3n) is 3.78. The molecule has 22 heavy (non-hydrogen) atoms. The van der Waals surface area contributed by atoms with Crippen LogP contribution in [0.25, 0.3) is 5.73 Å². The first-order valence-electron chi connectivity index (χ1n) is 6.78. The molecule has 0 amide bonds. The van der Waals surface area contributed by atoms with E-state index >= 15 is 0 Å². The third-order valence-corrected chi connectivity index (χ3v) is 5.41. The topological polar surface area (TPSA) is 23.8 Å². The summed E-state index contributed by atoms with van der Waals surface area (Å²) in [6.07, 6.45) is 8.00. The number of hydrogen-bond donors (Lipinski definition) is 0. The van der Waals surface area contributed by atoms with Crippen molar-refractivity contribution >= 4 is 13.6 Å². The van der Waals surface area contributed by atoms with Crippen LogP contribution in [0.2, 0.25) is 13.1 Å². The van der Waals surface area contributed by atoms with Crippen molar-refractivity contribution in [2.24, 2.45) is 0 Å². The van der Waals surface area contributed by atoms with E-state index in [-0.39, 0.29) is 57.1 Å². The Labute approximate surface area is 169 Å². The van der Waals surface area contributed by atoms with E-state index in [1.807, 2.05) is 18.2 Å². The van der Waals surface area contributed by atoms with E-state index in [0.717, 1.165) is 0 Å². The summed E-state index contributed by atoms with van der Waals surface area (Å²) in [4.78, 5) is 0. The Morgan fingerprint density at radius 3 is 1.86 bits per heavy atom. The number of nitrogens with one attached hydrogen (secondary N) is 1. The molecule has 1 unspecified atom stereocenters. The van der Waals surface area contributed by atoms with E-state index in [9.17, 15) is 0 Å². The monoisotopic (exact) mass is 431 g/mol. The van der Waals surface area contributed by atoms with Gasteiger partial charge in [-0.2, -0.15) is 28.3 Å². The number of halogens is 2. The molecule has 0 aliphatic heterocycles. The SMILES string of the molecule is C[Si](C)=C1C=CC=CC1[NH-].Cc1c[c-](C)c(C)c1C.[Cl-].[Cl-].[Zr+4]. The van der Waals surface area contributed by atoms with Crippen molar-refractivity contribution < 1.29 is 51.0 Å². The van der Waals surface area contributed by atoms with Gasteiger partial charge in [-0.25, -0.2) is 0 Å². The minimum atomic E-state index is -0.393. The smallest absolute Gasteiger partial charge is 1.00 e. The van der Waals surface area contributed by atoms with Crippen LogP contribution in [0.4, 0.5) is 0 Å². The molecule has 1 nitrogen and oxygen atoms in total. The summed E-state index contributed by atoms with van der Waals surface area (Å²) in [5, 5.41) is 1.31. The van der Waals surface area contributed by atoms with Gasteiger partial charge in [0.25, 0.3) is 0 Å². The molecule has 0 radical (unpaired) electrons. The van der Waals surface area contributed by atoms with Gasteiger partial charge in [-0.05, 0) is 0 Å². The second-order valence-electron chi connectivity index (χ2n) is 5.44. The van der Waals surface area contributed by atoms with Crippen LogP contribution in [0.3, 0.4) is 0 Å².